The third kappa shape index (κ3) is 1.49. The maximum absolute atomic E-state index is 11.9. The van der Waals surface area contributed by atoms with Crippen molar-refractivity contribution in [3.05, 3.63) is 34.0 Å². The Bertz CT molecular complexity index is 613. The maximum atomic E-state index is 11.9. The molecule has 0 spiro atoms. The molecule has 0 saturated heterocycles. The Kier molecular flexibility index (Phi) is 1.97. The second kappa shape index (κ2) is 3.27. The second-order valence-corrected chi connectivity index (χ2v) is 4.48. The number of aromatic amines is 2. The summed E-state index contributed by atoms with van der Waals surface area (Å²) in [7, 11) is 0. The Morgan fingerprint density at radius 1 is 1.41 bits per heavy atom. The van der Waals surface area contributed by atoms with E-state index in [4.69, 9.17) is 4.74 Å². The molecule has 0 aromatic carbocycles. The van der Waals surface area contributed by atoms with Crippen molar-refractivity contribution < 1.29 is 4.74 Å². The van der Waals surface area contributed by atoms with Gasteiger partial charge in [-0.3, -0.25) is 4.79 Å². The van der Waals surface area contributed by atoms with Gasteiger partial charge in [-0.15, -0.1) is 0 Å². The van der Waals surface area contributed by atoms with Crippen molar-refractivity contribution >= 4 is 0 Å². The minimum absolute atomic E-state index is 0.160. The topological polar surface area (TPSA) is 83.7 Å². The van der Waals surface area contributed by atoms with Gasteiger partial charge in [0.05, 0.1) is 17.9 Å². The van der Waals surface area contributed by atoms with Crippen LogP contribution in [0.4, 0.5) is 0 Å². The molecule has 0 bridgehead atoms. The van der Waals surface area contributed by atoms with E-state index in [-0.39, 0.29) is 5.56 Å². The molecule has 0 aliphatic carbocycles. The first-order chi connectivity index (χ1) is 8.08. The molecule has 88 valence electrons. The second-order valence-electron chi connectivity index (χ2n) is 4.48. The van der Waals surface area contributed by atoms with Crippen LogP contribution in [-0.4, -0.2) is 19.9 Å². The highest BCUT2D eigenvalue weighted by atomic mass is 16.5. The van der Waals surface area contributed by atoms with E-state index in [1.807, 2.05) is 13.8 Å². The monoisotopic (exact) mass is 232 g/mol. The molecule has 0 fully saturated rings. The molecule has 1 aliphatic rings. The third-order valence-electron chi connectivity index (χ3n) is 2.89. The summed E-state index contributed by atoms with van der Waals surface area (Å²) in [4.78, 5) is 26.0. The van der Waals surface area contributed by atoms with Crippen molar-refractivity contribution in [3.63, 3.8) is 0 Å². The fourth-order valence-corrected chi connectivity index (χ4v) is 1.96. The molecule has 0 unspecified atom stereocenters. The molecule has 6 nitrogen and oxygen atoms in total. The first kappa shape index (κ1) is 10.2. The SMILES string of the molecule is CC1(C)OCc2c1nc(-c1ncc[nH]1)[nH]c2=O. The van der Waals surface area contributed by atoms with Crippen LogP contribution in [0.3, 0.4) is 0 Å². The number of imidazole rings is 1. The summed E-state index contributed by atoms with van der Waals surface area (Å²) in [6, 6.07) is 0. The Morgan fingerprint density at radius 2 is 2.24 bits per heavy atom. The Labute approximate surface area is 97.1 Å². The molecule has 17 heavy (non-hydrogen) atoms. The van der Waals surface area contributed by atoms with E-state index in [1.165, 1.54) is 0 Å². The highest BCUT2D eigenvalue weighted by Gasteiger charge is 2.35. The zero-order valence-electron chi connectivity index (χ0n) is 9.57. The van der Waals surface area contributed by atoms with E-state index >= 15 is 0 Å². The normalized spacial score (nSPS) is 17.1. The number of ether oxygens (including phenoxy) is 1. The zero-order chi connectivity index (χ0) is 12.0. The summed E-state index contributed by atoms with van der Waals surface area (Å²) in [6.45, 7) is 4.11. The van der Waals surface area contributed by atoms with Crippen LogP contribution < -0.4 is 5.56 Å². The van der Waals surface area contributed by atoms with E-state index in [2.05, 4.69) is 19.9 Å². The number of hydrogen-bond donors (Lipinski definition) is 2. The van der Waals surface area contributed by atoms with Crippen LogP contribution in [0.5, 0.6) is 0 Å². The number of nitrogens with zero attached hydrogens (tertiary/aromatic N) is 2. The lowest BCUT2D eigenvalue weighted by Gasteiger charge is -2.16. The maximum Gasteiger partial charge on any atom is 0.257 e. The van der Waals surface area contributed by atoms with E-state index in [0.29, 0.717) is 29.5 Å². The van der Waals surface area contributed by atoms with E-state index in [9.17, 15) is 4.79 Å². The molecule has 1 aliphatic heterocycles. The summed E-state index contributed by atoms with van der Waals surface area (Å²) >= 11 is 0. The lowest BCUT2D eigenvalue weighted by Crippen LogP contribution is -2.21. The highest BCUT2D eigenvalue weighted by molar-refractivity contribution is 5.44. The van der Waals surface area contributed by atoms with Gasteiger partial charge in [0.15, 0.2) is 11.6 Å². The van der Waals surface area contributed by atoms with E-state index in [1.54, 1.807) is 12.4 Å². The van der Waals surface area contributed by atoms with Crippen LogP contribution >= 0.6 is 0 Å². The molecule has 3 rings (SSSR count). The fraction of sp³-hybridized carbons (Fsp3) is 0.364. The first-order valence-corrected chi connectivity index (χ1v) is 5.35. The number of rotatable bonds is 1. The van der Waals surface area contributed by atoms with Crippen LogP contribution in [0.2, 0.25) is 0 Å². The van der Waals surface area contributed by atoms with Crippen molar-refractivity contribution in [2.75, 3.05) is 0 Å². The molecule has 2 aromatic rings. The molecule has 0 saturated carbocycles. The summed E-state index contributed by atoms with van der Waals surface area (Å²) in [5.74, 6) is 0.991. The zero-order valence-corrected chi connectivity index (χ0v) is 9.57. The van der Waals surface area contributed by atoms with Gasteiger partial charge in [-0.05, 0) is 13.8 Å². The van der Waals surface area contributed by atoms with Crippen LogP contribution in [0.15, 0.2) is 17.2 Å². The third-order valence-corrected chi connectivity index (χ3v) is 2.89. The lowest BCUT2D eigenvalue weighted by molar-refractivity contribution is -0.0101. The summed E-state index contributed by atoms with van der Waals surface area (Å²) < 4.78 is 5.55. The summed E-state index contributed by atoms with van der Waals surface area (Å²) in [5, 5.41) is 0. The highest BCUT2D eigenvalue weighted by Crippen LogP contribution is 2.32. The van der Waals surface area contributed by atoms with Gasteiger partial charge in [0.2, 0.25) is 0 Å². The predicted octanol–water partition coefficient (Wildman–Crippen LogP) is 0.925. The van der Waals surface area contributed by atoms with Gasteiger partial charge >= 0.3 is 0 Å². The molecule has 2 aromatic heterocycles. The lowest BCUT2D eigenvalue weighted by atomic mass is 10.0. The van der Waals surface area contributed by atoms with Gasteiger partial charge < -0.3 is 14.7 Å². The standard InChI is InChI=1S/C11H12N4O2/c1-11(2)7-6(5-17-11)10(16)15-9(14-7)8-12-3-4-13-8/h3-4H,5H2,1-2H3,(H,12,13)(H,14,15,16). The van der Waals surface area contributed by atoms with E-state index in [0.717, 1.165) is 0 Å². The van der Waals surface area contributed by atoms with Gasteiger partial charge in [0, 0.05) is 12.4 Å². The average Bonchev–Trinajstić information content (AvgIpc) is 2.87. The molecular formula is C11H12N4O2. The van der Waals surface area contributed by atoms with Crippen molar-refractivity contribution in [1.29, 1.82) is 0 Å². The minimum atomic E-state index is -0.523. The molecule has 3 heterocycles. The van der Waals surface area contributed by atoms with Crippen LogP contribution in [0.25, 0.3) is 11.6 Å². The molecule has 2 N–H and O–H groups in total. The quantitative estimate of drug-likeness (QED) is 0.766. The number of nitrogens with one attached hydrogen (secondary N) is 2. The molecule has 0 atom stereocenters. The molecule has 6 heteroatoms. The van der Waals surface area contributed by atoms with Gasteiger partial charge in [-0.25, -0.2) is 9.97 Å². The Balaban J connectivity index is 2.23. The Morgan fingerprint density at radius 3 is 2.94 bits per heavy atom. The average molecular weight is 232 g/mol. The van der Waals surface area contributed by atoms with Gasteiger partial charge in [0.25, 0.3) is 5.56 Å². The summed E-state index contributed by atoms with van der Waals surface area (Å²) in [5.41, 5.74) is 0.607. The van der Waals surface area contributed by atoms with Crippen LogP contribution in [-0.2, 0) is 16.9 Å². The van der Waals surface area contributed by atoms with Gasteiger partial charge in [0.1, 0.15) is 5.60 Å². The number of hydrogen-bond acceptors (Lipinski definition) is 4. The molecule has 0 amide bonds. The Hall–Kier alpha value is -1.95. The first-order valence-electron chi connectivity index (χ1n) is 5.35. The molecular weight excluding hydrogens is 220 g/mol. The number of aromatic nitrogens is 4. The van der Waals surface area contributed by atoms with Crippen molar-refractivity contribution in [1.82, 2.24) is 19.9 Å². The minimum Gasteiger partial charge on any atom is -0.364 e. The van der Waals surface area contributed by atoms with Crippen LogP contribution in [0, 0.1) is 0 Å². The van der Waals surface area contributed by atoms with Crippen LogP contribution in [0.1, 0.15) is 25.1 Å². The van der Waals surface area contributed by atoms with Crippen molar-refractivity contribution in [2.24, 2.45) is 0 Å². The number of H-pyrrole nitrogens is 2. The van der Waals surface area contributed by atoms with E-state index < -0.39 is 5.60 Å². The molecule has 0 radical (unpaired) electrons. The van der Waals surface area contributed by atoms with Crippen molar-refractivity contribution in [3.8, 4) is 11.6 Å². The smallest absolute Gasteiger partial charge is 0.257 e. The summed E-state index contributed by atoms with van der Waals surface area (Å²) in [6.07, 6.45) is 3.30. The van der Waals surface area contributed by atoms with Crippen molar-refractivity contribution in [2.45, 2.75) is 26.1 Å². The predicted molar refractivity (Wildman–Crippen MR) is 60.3 cm³/mol. The van der Waals surface area contributed by atoms with Gasteiger partial charge in [-0.1, -0.05) is 0 Å². The fourth-order valence-electron chi connectivity index (χ4n) is 1.96. The van der Waals surface area contributed by atoms with Gasteiger partial charge in [-0.2, -0.15) is 0 Å². The number of fused-ring (bicyclic) bond motifs is 1. The largest absolute Gasteiger partial charge is 0.364 e.